The highest BCUT2D eigenvalue weighted by atomic mass is 16.5. The number of rotatable bonds is 3. The average Bonchev–Trinajstić information content (AvgIpc) is 2.05. The fourth-order valence-electron chi connectivity index (χ4n) is 1.41. The Bertz CT molecular complexity index is 178. The molecule has 0 aliphatic carbocycles. The van der Waals surface area contributed by atoms with Gasteiger partial charge in [0, 0.05) is 13.0 Å². The maximum Gasteiger partial charge on any atom is 0.165 e. The van der Waals surface area contributed by atoms with Crippen molar-refractivity contribution in [2.75, 3.05) is 6.61 Å². The molecule has 0 aromatic carbocycles. The van der Waals surface area contributed by atoms with Crippen molar-refractivity contribution in [2.45, 2.75) is 38.7 Å². The number of Topliss-reactive ketones (excluding diaryl/α,β-unsaturated/α-hetero) is 1. The standard InChI is InChI=1S/C10H16O2/c1-8(2)7-9(11)10-5-3-4-6-12-10/h10H,1,3-7H2,2H3. The van der Waals surface area contributed by atoms with Crippen LogP contribution in [0.3, 0.4) is 0 Å². The van der Waals surface area contributed by atoms with Crippen molar-refractivity contribution in [1.29, 1.82) is 0 Å². The molecule has 1 heterocycles. The molecule has 68 valence electrons. The summed E-state index contributed by atoms with van der Waals surface area (Å²) in [5, 5.41) is 0. The van der Waals surface area contributed by atoms with Gasteiger partial charge in [-0.25, -0.2) is 0 Å². The Morgan fingerprint density at radius 1 is 1.58 bits per heavy atom. The van der Waals surface area contributed by atoms with Crippen LogP contribution in [-0.2, 0) is 9.53 Å². The summed E-state index contributed by atoms with van der Waals surface area (Å²) in [5.74, 6) is 0.196. The second-order valence-electron chi connectivity index (χ2n) is 3.46. The molecule has 1 saturated heterocycles. The van der Waals surface area contributed by atoms with Gasteiger partial charge in [0.1, 0.15) is 6.10 Å². The molecule has 1 aliphatic heterocycles. The van der Waals surface area contributed by atoms with Crippen molar-refractivity contribution in [3.63, 3.8) is 0 Å². The lowest BCUT2D eigenvalue weighted by molar-refractivity contribution is -0.132. The van der Waals surface area contributed by atoms with Gasteiger partial charge in [-0.2, -0.15) is 0 Å². The zero-order chi connectivity index (χ0) is 8.97. The van der Waals surface area contributed by atoms with Crippen molar-refractivity contribution in [3.05, 3.63) is 12.2 Å². The van der Waals surface area contributed by atoms with Gasteiger partial charge < -0.3 is 4.74 Å². The molecule has 1 atom stereocenters. The highest BCUT2D eigenvalue weighted by molar-refractivity contribution is 5.85. The van der Waals surface area contributed by atoms with Crippen molar-refractivity contribution < 1.29 is 9.53 Å². The number of allylic oxidation sites excluding steroid dienone is 1. The van der Waals surface area contributed by atoms with Crippen LogP contribution in [0.25, 0.3) is 0 Å². The van der Waals surface area contributed by atoms with Gasteiger partial charge >= 0.3 is 0 Å². The molecular formula is C10H16O2. The lowest BCUT2D eigenvalue weighted by atomic mass is 10.0. The van der Waals surface area contributed by atoms with Crippen LogP contribution in [0, 0.1) is 0 Å². The fourth-order valence-corrected chi connectivity index (χ4v) is 1.41. The first-order valence-electron chi connectivity index (χ1n) is 4.49. The van der Waals surface area contributed by atoms with Crippen LogP contribution in [0.2, 0.25) is 0 Å². The van der Waals surface area contributed by atoms with E-state index in [-0.39, 0.29) is 11.9 Å². The predicted molar refractivity (Wildman–Crippen MR) is 48.0 cm³/mol. The number of ether oxygens (including phenoxy) is 1. The Morgan fingerprint density at radius 3 is 2.83 bits per heavy atom. The van der Waals surface area contributed by atoms with Crippen molar-refractivity contribution in [1.82, 2.24) is 0 Å². The Hall–Kier alpha value is -0.630. The summed E-state index contributed by atoms with van der Waals surface area (Å²) in [6.45, 7) is 6.33. The molecule has 0 aromatic rings. The molecule has 1 rings (SSSR count). The van der Waals surface area contributed by atoms with Gasteiger partial charge in [0.25, 0.3) is 0 Å². The minimum Gasteiger partial charge on any atom is -0.370 e. The minimum absolute atomic E-state index is 0.143. The Morgan fingerprint density at radius 2 is 2.33 bits per heavy atom. The summed E-state index contributed by atoms with van der Waals surface area (Å²) >= 11 is 0. The molecule has 0 amide bonds. The zero-order valence-electron chi connectivity index (χ0n) is 7.64. The van der Waals surface area contributed by atoms with E-state index in [4.69, 9.17) is 4.74 Å². The number of ketones is 1. The smallest absolute Gasteiger partial charge is 0.165 e. The summed E-state index contributed by atoms with van der Waals surface area (Å²) < 4.78 is 5.35. The highest BCUT2D eigenvalue weighted by Crippen LogP contribution is 2.15. The van der Waals surface area contributed by atoms with Gasteiger partial charge in [0.15, 0.2) is 5.78 Å². The molecule has 0 bridgehead atoms. The number of carbonyl (C=O) groups excluding carboxylic acids is 1. The third-order valence-electron chi connectivity index (χ3n) is 2.01. The Kier molecular flexibility index (Phi) is 3.48. The molecule has 0 N–H and O–H groups in total. The van der Waals surface area contributed by atoms with Crippen LogP contribution in [0.4, 0.5) is 0 Å². The summed E-state index contributed by atoms with van der Waals surface area (Å²) in [6.07, 6.45) is 3.44. The second-order valence-corrected chi connectivity index (χ2v) is 3.46. The molecule has 1 aliphatic rings. The number of hydrogen-bond donors (Lipinski definition) is 0. The first-order chi connectivity index (χ1) is 5.70. The molecule has 12 heavy (non-hydrogen) atoms. The van der Waals surface area contributed by atoms with Crippen LogP contribution < -0.4 is 0 Å². The molecule has 0 spiro atoms. The van der Waals surface area contributed by atoms with Gasteiger partial charge in [-0.15, -0.1) is 0 Å². The summed E-state index contributed by atoms with van der Waals surface area (Å²) in [7, 11) is 0. The van der Waals surface area contributed by atoms with E-state index >= 15 is 0 Å². The maximum absolute atomic E-state index is 11.4. The molecular weight excluding hydrogens is 152 g/mol. The molecule has 0 saturated carbocycles. The van der Waals surface area contributed by atoms with E-state index in [1.165, 1.54) is 0 Å². The average molecular weight is 168 g/mol. The van der Waals surface area contributed by atoms with Crippen molar-refractivity contribution >= 4 is 5.78 Å². The summed E-state index contributed by atoms with van der Waals surface area (Å²) in [6, 6.07) is 0. The van der Waals surface area contributed by atoms with Gasteiger partial charge in [0.05, 0.1) is 0 Å². The second kappa shape index (κ2) is 4.41. The summed E-state index contributed by atoms with van der Waals surface area (Å²) in [4.78, 5) is 11.4. The van der Waals surface area contributed by atoms with E-state index < -0.39 is 0 Å². The van der Waals surface area contributed by atoms with E-state index in [0.29, 0.717) is 6.42 Å². The van der Waals surface area contributed by atoms with Crippen LogP contribution in [0.15, 0.2) is 12.2 Å². The highest BCUT2D eigenvalue weighted by Gasteiger charge is 2.21. The van der Waals surface area contributed by atoms with Gasteiger partial charge in [-0.3, -0.25) is 4.79 Å². The SMILES string of the molecule is C=C(C)CC(=O)C1CCCCO1. The third kappa shape index (κ3) is 2.78. The predicted octanol–water partition coefficient (Wildman–Crippen LogP) is 2.09. The van der Waals surface area contributed by atoms with Crippen molar-refractivity contribution in [3.8, 4) is 0 Å². The van der Waals surface area contributed by atoms with Gasteiger partial charge in [-0.1, -0.05) is 12.2 Å². The normalized spacial score (nSPS) is 23.6. The van der Waals surface area contributed by atoms with E-state index in [9.17, 15) is 4.79 Å². The summed E-state index contributed by atoms with van der Waals surface area (Å²) in [5.41, 5.74) is 0.925. The monoisotopic (exact) mass is 168 g/mol. The van der Waals surface area contributed by atoms with Gasteiger partial charge in [-0.05, 0) is 26.2 Å². The molecule has 1 fully saturated rings. The van der Waals surface area contributed by atoms with Crippen LogP contribution in [0.5, 0.6) is 0 Å². The Labute approximate surface area is 73.6 Å². The lowest BCUT2D eigenvalue weighted by Gasteiger charge is -2.21. The van der Waals surface area contributed by atoms with E-state index in [0.717, 1.165) is 31.4 Å². The third-order valence-corrected chi connectivity index (χ3v) is 2.01. The van der Waals surface area contributed by atoms with Gasteiger partial charge in [0.2, 0.25) is 0 Å². The van der Waals surface area contributed by atoms with Crippen LogP contribution in [-0.4, -0.2) is 18.5 Å². The number of hydrogen-bond acceptors (Lipinski definition) is 2. The molecule has 0 aromatic heterocycles. The minimum atomic E-state index is -0.143. The van der Waals surface area contributed by atoms with E-state index in [1.807, 2.05) is 6.92 Å². The molecule has 2 heteroatoms. The largest absolute Gasteiger partial charge is 0.370 e. The Balaban J connectivity index is 2.34. The van der Waals surface area contributed by atoms with E-state index in [1.54, 1.807) is 0 Å². The topological polar surface area (TPSA) is 26.3 Å². The van der Waals surface area contributed by atoms with Crippen LogP contribution >= 0.6 is 0 Å². The maximum atomic E-state index is 11.4. The molecule has 1 unspecified atom stereocenters. The van der Waals surface area contributed by atoms with Crippen molar-refractivity contribution in [2.24, 2.45) is 0 Å². The molecule has 0 radical (unpaired) electrons. The first-order valence-corrected chi connectivity index (χ1v) is 4.49. The zero-order valence-corrected chi connectivity index (χ0v) is 7.64. The number of carbonyl (C=O) groups is 1. The molecule has 2 nitrogen and oxygen atoms in total. The van der Waals surface area contributed by atoms with Crippen LogP contribution in [0.1, 0.15) is 32.6 Å². The first kappa shape index (κ1) is 9.46. The lowest BCUT2D eigenvalue weighted by Crippen LogP contribution is -2.28. The fraction of sp³-hybridized carbons (Fsp3) is 0.700. The van der Waals surface area contributed by atoms with E-state index in [2.05, 4.69) is 6.58 Å². The quantitative estimate of drug-likeness (QED) is 0.603.